The fourth-order valence-electron chi connectivity index (χ4n) is 2.33. The summed E-state index contributed by atoms with van der Waals surface area (Å²) in [5.74, 6) is 0.820. The van der Waals surface area contributed by atoms with Crippen molar-refractivity contribution in [2.45, 2.75) is 13.0 Å². The summed E-state index contributed by atoms with van der Waals surface area (Å²) in [6.07, 6.45) is 0. The number of fused-ring (bicyclic) bond motifs is 1. The maximum Gasteiger partial charge on any atom is 0.178 e. The molecule has 2 heterocycles. The first-order valence-corrected chi connectivity index (χ1v) is 7.32. The molecule has 0 amide bonds. The lowest BCUT2D eigenvalue weighted by Crippen LogP contribution is -2.04. The van der Waals surface area contributed by atoms with Crippen molar-refractivity contribution in [1.82, 2.24) is 9.55 Å². The number of hydrogen-bond donors (Lipinski definition) is 1. The number of para-hydroxylation sites is 1. The molecule has 1 N–H and O–H groups in total. The number of nitrogens with one attached hydrogen (secondary N) is 1. The number of rotatable bonds is 3. The number of imidazole rings is 1. The standard InChI is InChI=1S/C14H14N2OS2/c1-9(12-7-4-8-19-12)16-10-5-3-6-11(17-2)13(10)15-14(16)18/h3-9H,1-2H3,(H,15,18). The SMILES string of the molecule is COc1cccc2c1[nH]c(=S)n2C(C)c1cccs1. The Morgan fingerprint density at radius 1 is 1.32 bits per heavy atom. The van der Waals surface area contributed by atoms with Crippen LogP contribution in [0.2, 0.25) is 0 Å². The summed E-state index contributed by atoms with van der Waals surface area (Å²) in [7, 11) is 1.67. The van der Waals surface area contributed by atoms with Crippen molar-refractivity contribution in [1.29, 1.82) is 0 Å². The monoisotopic (exact) mass is 290 g/mol. The summed E-state index contributed by atoms with van der Waals surface area (Å²) in [6.45, 7) is 2.16. The van der Waals surface area contributed by atoms with Crippen LogP contribution >= 0.6 is 23.6 Å². The van der Waals surface area contributed by atoms with E-state index in [-0.39, 0.29) is 6.04 Å². The summed E-state index contributed by atoms with van der Waals surface area (Å²) >= 11 is 7.21. The maximum absolute atomic E-state index is 5.47. The van der Waals surface area contributed by atoms with Crippen molar-refractivity contribution < 1.29 is 4.74 Å². The van der Waals surface area contributed by atoms with Gasteiger partial charge in [-0.25, -0.2) is 0 Å². The van der Waals surface area contributed by atoms with E-state index >= 15 is 0 Å². The van der Waals surface area contributed by atoms with E-state index in [2.05, 4.69) is 40.1 Å². The molecular formula is C14H14N2OS2. The van der Waals surface area contributed by atoms with Crippen molar-refractivity contribution in [2.75, 3.05) is 7.11 Å². The molecule has 3 aromatic rings. The summed E-state index contributed by atoms with van der Waals surface area (Å²) < 4.78 is 8.24. The number of methoxy groups -OCH3 is 1. The molecule has 1 unspecified atom stereocenters. The lowest BCUT2D eigenvalue weighted by Gasteiger charge is -2.13. The Balaban J connectivity index is 2.24. The third-order valence-electron chi connectivity index (χ3n) is 3.28. The molecule has 0 radical (unpaired) electrons. The van der Waals surface area contributed by atoms with Crippen LogP contribution in [-0.2, 0) is 0 Å². The number of ether oxygens (including phenoxy) is 1. The van der Waals surface area contributed by atoms with Crippen LogP contribution in [0.5, 0.6) is 5.75 Å². The van der Waals surface area contributed by atoms with Crippen LogP contribution in [0.4, 0.5) is 0 Å². The zero-order chi connectivity index (χ0) is 13.4. The van der Waals surface area contributed by atoms with Crippen LogP contribution in [-0.4, -0.2) is 16.7 Å². The summed E-state index contributed by atoms with van der Waals surface area (Å²) in [4.78, 5) is 4.54. The van der Waals surface area contributed by atoms with E-state index in [9.17, 15) is 0 Å². The quantitative estimate of drug-likeness (QED) is 0.726. The molecule has 0 aliphatic carbocycles. The maximum atomic E-state index is 5.47. The molecule has 0 fully saturated rings. The van der Waals surface area contributed by atoms with Gasteiger partial charge < -0.3 is 14.3 Å². The first-order valence-electron chi connectivity index (χ1n) is 6.03. The second-order valence-corrected chi connectivity index (χ2v) is 5.71. The Bertz CT molecular complexity index is 755. The zero-order valence-electron chi connectivity index (χ0n) is 10.7. The van der Waals surface area contributed by atoms with E-state index in [0.717, 1.165) is 21.6 Å². The Morgan fingerprint density at radius 3 is 2.84 bits per heavy atom. The lowest BCUT2D eigenvalue weighted by atomic mass is 10.2. The largest absolute Gasteiger partial charge is 0.494 e. The third kappa shape index (κ3) is 1.99. The van der Waals surface area contributed by atoms with Crippen molar-refractivity contribution in [3.05, 3.63) is 45.4 Å². The number of benzene rings is 1. The van der Waals surface area contributed by atoms with Gasteiger partial charge in [0.05, 0.1) is 18.7 Å². The van der Waals surface area contributed by atoms with E-state index < -0.39 is 0 Å². The number of aromatic amines is 1. The third-order valence-corrected chi connectivity index (χ3v) is 4.62. The highest BCUT2D eigenvalue weighted by Crippen LogP contribution is 2.30. The first kappa shape index (κ1) is 12.4. The van der Waals surface area contributed by atoms with E-state index in [1.807, 2.05) is 12.1 Å². The molecular weight excluding hydrogens is 276 g/mol. The normalized spacial score (nSPS) is 12.7. The van der Waals surface area contributed by atoms with E-state index in [0.29, 0.717) is 0 Å². The van der Waals surface area contributed by atoms with E-state index in [1.165, 1.54) is 4.88 Å². The molecule has 5 heteroatoms. The van der Waals surface area contributed by atoms with Gasteiger partial charge in [0.15, 0.2) is 4.77 Å². The molecule has 1 atom stereocenters. The predicted octanol–water partition coefficient (Wildman–Crippen LogP) is 4.38. The molecule has 0 saturated carbocycles. The number of hydrogen-bond acceptors (Lipinski definition) is 3. The Morgan fingerprint density at radius 2 is 2.16 bits per heavy atom. The molecule has 0 bridgehead atoms. The van der Waals surface area contributed by atoms with Crippen molar-refractivity contribution in [3.63, 3.8) is 0 Å². The van der Waals surface area contributed by atoms with Gasteiger partial charge >= 0.3 is 0 Å². The second-order valence-electron chi connectivity index (χ2n) is 4.35. The second kappa shape index (κ2) is 4.83. The number of thiophene rings is 1. The van der Waals surface area contributed by atoms with E-state index in [4.69, 9.17) is 17.0 Å². The van der Waals surface area contributed by atoms with Crippen molar-refractivity contribution in [2.24, 2.45) is 0 Å². The van der Waals surface area contributed by atoms with Gasteiger partial charge in [-0.3, -0.25) is 0 Å². The van der Waals surface area contributed by atoms with Crippen molar-refractivity contribution >= 4 is 34.6 Å². The summed E-state index contributed by atoms with van der Waals surface area (Å²) in [5, 5.41) is 2.09. The minimum absolute atomic E-state index is 0.216. The fraction of sp³-hybridized carbons (Fsp3) is 0.214. The van der Waals surface area contributed by atoms with Crippen LogP contribution in [0.3, 0.4) is 0 Å². The highest BCUT2D eigenvalue weighted by molar-refractivity contribution is 7.71. The molecule has 98 valence electrons. The molecule has 0 aliphatic heterocycles. The highest BCUT2D eigenvalue weighted by atomic mass is 32.1. The van der Waals surface area contributed by atoms with Gasteiger partial charge in [0, 0.05) is 4.88 Å². The fourth-order valence-corrected chi connectivity index (χ4v) is 3.47. The predicted molar refractivity (Wildman–Crippen MR) is 81.8 cm³/mol. The van der Waals surface area contributed by atoms with Gasteiger partial charge in [0.1, 0.15) is 11.3 Å². The summed E-state index contributed by atoms with van der Waals surface area (Å²) in [6, 6.07) is 10.4. The Labute approximate surface area is 120 Å². The van der Waals surface area contributed by atoms with Crippen LogP contribution < -0.4 is 4.74 Å². The van der Waals surface area contributed by atoms with E-state index in [1.54, 1.807) is 18.4 Å². The zero-order valence-corrected chi connectivity index (χ0v) is 12.3. The molecule has 0 spiro atoms. The summed E-state index contributed by atoms with van der Waals surface area (Å²) in [5.41, 5.74) is 2.03. The van der Waals surface area contributed by atoms with Crippen LogP contribution in [0, 0.1) is 4.77 Å². The highest BCUT2D eigenvalue weighted by Gasteiger charge is 2.15. The van der Waals surface area contributed by atoms with Crippen LogP contribution in [0.15, 0.2) is 35.7 Å². The van der Waals surface area contributed by atoms with Gasteiger partial charge in [0.25, 0.3) is 0 Å². The molecule has 0 aliphatic rings. The molecule has 2 aromatic heterocycles. The molecule has 1 aromatic carbocycles. The Kier molecular flexibility index (Phi) is 3.16. The number of nitrogens with zero attached hydrogens (tertiary/aromatic N) is 1. The number of aromatic nitrogens is 2. The smallest absolute Gasteiger partial charge is 0.178 e. The van der Waals surface area contributed by atoms with Gasteiger partial charge in [-0.2, -0.15) is 0 Å². The van der Waals surface area contributed by atoms with Gasteiger partial charge in [-0.1, -0.05) is 12.1 Å². The van der Waals surface area contributed by atoms with Gasteiger partial charge in [0.2, 0.25) is 0 Å². The molecule has 3 nitrogen and oxygen atoms in total. The Hall–Kier alpha value is -1.59. The van der Waals surface area contributed by atoms with Crippen LogP contribution in [0.1, 0.15) is 17.8 Å². The molecule has 0 saturated heterocycles. The first-order chi connectivity index (χ1) is 9.22. The van der Waals surface area contributed by atoms with Gasteiger partial charge in [-0.05, 0) is 42.7 Å². The average molecular weight is 290 g/mol. The minimum Gasteiger partial charge on any atom is -0.494 e. The van der Waals surface area contributed by atoms with Gasteiger partial charge in [-0.15, -0.1) is 11.3 Å². The van der Waals surface area contributed by atoms with Crippen LogP contribution in [0.25, 0.3) is 11.0 Å². The lowest BCUT2D eigenvalue weighted by molar-refractivity contribution is 0.419. The average Bonchev–Trinajstić information content (AvgIpc) is 3.04. The minimum atomic E-state index is 0.216. The van der Waals surface area contributed by atoms with Crippen molar-refractivity contribution in [3.8, 4) is 5.75 Å². The molecule has 19 heavy (non-hydrogen) atoms. The molecule has 3 rings (SSSR count). The topological polar surface area (TPSA) is 29.9 Å². The number of H-pyrrole nitrogens is 1.